The molecule has 0 radical (unpaired) electrons. The van der Waals surface area contributed by atoms with E-state index < -0.39 is 0 Å². The number of rotatable bonds is 5. The van der Waals surface area contributed by atoms with Crippen LogP contribution in [0.4, 0.5) is 0 Å². The van der Waals surface area contributed by atoms with Crippen LogP contribution in [0.3, 0.4) is 0 Å². The highest BCUT2D eigenvalue weighted by Crippen LogP contribution is 2.50. The minimum Gasteiger partial charge on any atom is -0.308 e. The van der Waals surface area contributed by atoms with E-state index in [4.69, 9.17) is 4.98 Å². The van der Waals surface area contributed by atoms with Crippen molar-refractivity contribution < 1.29 is 0 Å². The maximum absolute atomic E-state index is 5.37. The largest absolute Gasteiger partial charge is 0.308 e. The summed E-state index contributed by atoms with van der Waals surface area (Å²) in [6.07, 6.45) is 0. The SMILES string of the molecule is c1ccc(-c2cc(-c3c(-n4c5ccccc5c5ccccc54)cc4sc5ccccc5c4c3-n3c4ccccc4c4ccccc43)cc(-c3ccccc3)n2)cc1. The minimum atomic E-state index is 0.934. The van der Waals surface area contributed by atoms with Crippen LogP contribution in [-0.4, -0.2) is 14.1 Å². The number of para-hydroxylation sites is 4. The van der Waals surface area contributed by atoms with Crippen molar-refractivity contribution in [1.82, 2.24) is 14.1 Å². The van der Waals surface area contributed by atoms with Gasteiger partial charge >= 0.3 is 0 Å². The number of nitrogens with zero attached hydrogens (tertiary/aromatic N) is 3. The van der Waals surface area contributed by atoms with Crippen LogP contribution in [0.15, 0.2) is 200 Å². The molecular weight excluding hydrogens is 711 g/mol. The lowest BCUT2D eigenvalue weighted by Gasteiger charge is -2.22. The summed E-state index contributed by atoms with van der Waals surface area (Å²) < 4.78 is 7.56. The molecule has 0 aliphatic rings. The Morgan fingerprint density at radius 1 is 0.351 bits per heavy atom. The molecule has 266 valence electrons. The summed E-state index contributed by atoms with van der Waals surface area (Å²) in [4.78, 5) is 5.37. The topological polar surface area (TPSA) is 22.8 Å². The second-order valence-electron chi connectivity index (χ2n) is 14.7. The van der Waals surface area contributed by atoms with Crippen molar-refractivity contribution >= 4 is 75.1 Å². The van der Waals surface area contributed by atoms with Gasteiger partial charge in [0.05, 0.1) is 44.8 Å². The lowest BCUT2D eigenvalue weighted by atomic mass is 9.94. The Morgan fingerprint density at radius 3 is 1.28 bits per heavy atom. The second kappa shape index (κ2) is 12.6. The van der Waals surface area contributed by atoms with E-state index in [0.29, 0.717) is 0 Å². The van der Waals surface area contributed by atoms with Crippen molar-refractivity contribution in [2.75, 3.05) is 0 Å². The smallest absolute Gasteiger partial charge is 0.0715 e. The van der Waals surface area contributed by atoms with Gasteiger partial charge in [-0.05, 0) is 54.1 Å². The van der Waals surface area contributed by atoms with Crippen LogP contribution in [0.5, 0.6) is 0 Å². The Labute approximate surface area is 333 Å². The fraction of sp³-hybridized carbons (Fsp3) is 0. The summed E-state index contributed by atoms with van der Waals surface area (Å²) in [5.41, 5.74) is 13.3. The normalized spacial score (nSPS) is 11.9. The number of fused-ring (bicyclic) bond motifs is 9. The van der Waals surface area contributed by atoms with Crippen molar-refractivity contribution in [2.45, 2.75) is 0 Å². The number of aromatic nitrogens is 3. The van der Waals surface area contributed by atoms with Gasteiger partial charge < -0.3 is 9.13 Å². The molecule has 57 heavy (non-hydrogen) atoms. The molecule has 0 amide bonds. The van der Waals surface area contributed by atoms with Gasteiger partial charge in [0.1, 0.15) is 0 Å². The summed E-state index contributed by atoms with van der Waals surface area (Å²) in [6, 6.07) is 72.6. The minimum absolute atomic E-state index is 0.934. The molecular formula is C53H33N3S. The zero-order valence-electron chi connectivity index (χ0n) is 30.8. The quantitative estimate of drug-likeness (QED) is 0.172. The number of hydrogen-bond acceptors (Lipinski definition) is 2. The van der Waals surface area contributed by atoms with Crippen molar-refractivity contribution in [3.05, 3.63) is 200 Å². The highest BCUT2D eigenvalue weighted by molar-refractivity contribution is 7.26. The Hall–Kier alpha value is -7.27. The van der Waals surface area contributed by atoms with E-state index in [1.54, 1.807) is 0 Å². The second-order valence-corrected chi connectivity index (χ2v) is 15.8. The van der Waals surface area contributed by atoms with Crippen LogP contribution in [0.1, 0.15) is 0 Å². The maximum Gasteiger partial charge on any atom is 0.0715 e. The van der Waals surface area contributed by atoms with Gasteiger partial charge in [-0.15, -0.1) is 11.3 Å². The first-order valence-electron chi connectivity index (χ1n) is 19.4. The van der Waals surface area contributed by atoms with Gasteiger partial charge in [-0.25, -0.2) is 4.98 Å². The van der Waals surface area contributed by atoms with Crippen LogP contribution in [0, 0.1) is 0 Å². The van der Waals surface area contributed by atoms with Gasteiger partial charge in [0.25, 0.3) is 0 Å². The maximum atomic E-state index is 5.37. The van der Waals surface area contributed by atoms with Crippen LogP contribution in [0.25, 0.3) is 109 Å². The lowest BCUT2D eigenvalue weighted by Crippen LogP contribution is -2.05. The van der Waals surface area contributed by atoms with Crippen LogP contribution in [-0.2, 0) is 0 Å². The van der Waals surface area contributed by atoms with E-state index in [1.807, 2.05) is 11.3 Å². The molecule has 0 aliphatic heterocycles. The fourth-order valence-corrected chi connectivity index (χ4v) is 10.2. The number of pyridine rings is 1. The molecule has 0 aliphatic carbocycles. The molecule has 4 aromatic heterocycles. The van der Waals surface area contributed by atoms with Crippen molar-refractivity contribution in [1.29, 1.82) is 0 Å². The third-order valence-electron chi connectivity index (χ3n) is 11.5. The highest BCUT2D eigenvalue weighted by atomic mass is 32.1. The molecule has 0 saturated heterocycles. The van der Waals surface area contributed by atoms with Crippen LogP contribution < -0.4 is 0 Å². The Morgan fingerprint density at radius 2 is 0.772 bits per heavy atom. The third kappa shape index (κ3) is 4.88. The van der Waals surface area contributed by atoms with Crippen LogP contribution >= 0.6 is 11.3 Å². The van der Waals surface area contributed by atoms with Crippen molar-refractivity contribution in [3.8, 4) is 45.0 Å². The Kier molecular flexibility index (Phi) is 7.10. The first-order valence-corrected chi connectivity index (χ1v) is 20.2. The van der Waals surface area contributed by atoms with Gasteiger partial charge in [0, 0.05) is 58.4 Å². The van der Waals surface area contributed by atoms with Crippen LogP contribution in [0.2, 0.25) is 0 Å². The third-order valence-corrected chi connectivity index (χ3v) is 12.6. The molecule has 12 rings (SSSR count). The zero-order chi connectivity index (χ0) is 37.5. The highest BCUT2D eigenvalue weighted by Gasteiger charge is 2.27. The Balaban J connectivity index is 1.35. The first kappa shape index (κ1) is 32.0. The van der Waals surface area contributed by atoms with Gasteiger partial charge in [-0.1, -0.05) is 152 Å². The predicted octanol–water partition coefficient (Wildman–Crippen LogP) is 14.6. The predicted molar refractivity (Wildman–Crippen MR) is 242 cm³/mol. The van der Waals surface area contributed by atoms with E-state index >= 15 is 0 Å². The monoisotopic (exact) mass is 743 g/mol. The van der Waals surface area contributed by atoms with E-state index in [0.717, 1.165) is 39.3 Å². The van der Waals surface area contributed by atoms with Gasteiger partial charge in [-0.2, -0.15) is 0 Å². The standard InChI is InChI=1S/C53H33N3S/c1-3-17-34(18-4-1)42-31-36(32-43(54-42)35-19-5-2-6-20-35)51-48(55-44-26-12-7-21-37(44)38-22-8-13-27-45(38)55)33-50-52(41-25-11-16-30-49(41)57-50)53(51)56-46-28-14-9-23-39(46)40-24-10-15-29-47(40)56/h1-33H. The number of thiophene rings is 1. The molecule has 3 nitrogen and oxygen atoms in total. The van der Waals surface area contributed by atoms with Crippen molar-refractivity contribution in [2.24, 2.45) is 0 Å². The van der Waals surface area contributed by atoms with Gasteiger partial charge in [0.2, 0.25) is 0 Å². The summed E-state index contributed by atoms with van der Waals surface area (Å²) in [7, 11) is 0. The molecule has 0 fully saturated rings. The van der Waals surface area contributed by atoms with E-state index in [2.05, 4.69) is 209 Å². The summed E-state index contributed by atoms with van der Waals surface area (Å²) in [6.45, 7) is 0. The molecule has 0 bridgehead atoms. The van der Waals surface area contributed by atoms with Crippen molar-refractivity contribution in [3.63, 3.8) is 0 Å². The Bertz CT molecular complexity index is 3350. The average Bonchev–Trinajstić information content (AvgIpc) is 3.94. The number of hydrogen-bond donors (Lipinski definition) is 0. The lowest BCUT2D eigenvalue weighted by molar-refractivity contribution is 1.15. The molecule has 0 atom stereocenters. The molecule has 0 saturated carbocycles. The summed E-state index contributed by atoms with van der Waals surface area (Å²) >= 11 is 1.87. The molecule has 8 aromatic carbocycles. The molecule has 4 heteroatoms. The molecule has 12 aromatic rings. The van der Waals surface area contributed by atoms with Gasteiger partial charge in [0.15, 0.2) is 0 Å². The zero-order valence-corrected chi connectivity index (χ0v) is 31.6. The molecule has 4 heterocycles. The average molecular weight is 744 g/mol. The molecule has 0 spiro atoms. The summed E-state index contributed by atoms with van der Waals surface area (Å²) in [5.74, 6) is 0. The molecule has 0 N–H and O–H groups in total. The van der Waals surface area contributed by atoms with E-state index in [9.17, 15) is 0 Å². The molecule has 0 unspecified atom stereocenters. The summed E-state index contributed by atoms with van der Waals surface area (Å²) in [5, 5.41) is 7.44. The van der Waals surface area contributed by atoms with E-state index in [1.165, 1.54) is 69.5 Å². The van der Waals surface area contributed by atoms with Gasteiger partial charge in [-0.3, -0.25) is 0 Å². The number of benzene rings is 8. The first-order chi connectivity index (χ1) is 28.3. The fourth-order valence-electron chi connectivity index (χ4n) is 9.07. The van der Waals surface area contributed by atoms with E-state index in [-0.39, 0.29) is 0 Å².